The van der Waals surface area contributed by atoms with Gasteiger partial charge in [0.15, 0.2) is 5.82 Å². The fourth-order valence-electron chi connectivity index (χ4n) is 2.85. The Hall–Kier alpha value is -3.04. The van der Waals surface area contributed by atoms with Crippen LogP contribution in [0.2, 0.25) is 0 Å². The molecule has 1 amide bonds. The first-order valence-electron chi connectivity index (χ1n) is 9.41. The van der Waals surface area contributed by atoms with Crippen molar-refractivity contribution >= 4 is 21.6 Å². The van der Waals surface area contributed by atoms with Gasteiger partial charge in [-0.15, -0.1) is 0 Å². The summed E-state index contributed by atoms with van der Waals surface area (Å²) in [6, 6.07) is 12.6. The Morgan fingerprint density at radius 3 is 2.43 bits per heavy atom. The third-order valence-electron chi connectivity index (χ3n) is 4.55. The molecular weight excluding hydrogens is 404 g/mol. The van der Waals surface area contributed by atoms with E-state index in [-0.39, 0.29) is 29.5 Å². The van der Waals surface area contributed by atoms with Gasteiger partial charge in [0.2, 0.25) is 15.9 Å². The summed E-state index contributed by atoms with van der Waals surface area (Å²) < 4.78 is 32.7. The van der Waals surface area contributed by atoms with Gasteiger partial charge >= 0.3 is 0 Å². The number of carbonyl (C=O) groups excluding carboxylic acids is 1. The van der Waals surface area contributed by atoms with Crippen LogP contribution >= 0.6 is 0 Å². The molecule has 0 fully saturated rings. The molecule has 0 saturated heterocycles. The number of aryl methyl sites for hydroxylation is 2. The molecule has 30 heavy (non-hydrogen) atoms. The van der Waals surface area contributed by atoms with Gasteiger partial charge in [-0.05, 0) is 43.7 Å². The molecule has 0 saturated carbocycles. The Kier molecular flexibility index (Phi) is 6.33. The van der Waals surface area contributed by atoms with Gasteiger partial charge in [0, 0.05) is 32.5 Å². The number of benzene rings is 2. The Labute approximate surface area is 176 Å². The number of anilines is 1. The number of rotatable bonds is 7. The summed E-state index contributed by atoms with van der Waals surface area (Å²) in [4.78, 5) is 15.9. The van der Waals surface area contributed by atoms with Crippen LogP contribution in [0.3, 0.4) is 0 Å². The minimum atomic E-state index is -3.83. The summed E-state index contributed by atoms with van der Waals surface area (Å²) in [6.45, 7) is 5.28. The number of aromatic nitrogens is 2. The monoisotopic (exact) mass is 428 g/mol. The molecule has 8 nitrogen and oxygen atoms in total. The number of carbonyl (C=O) groups is 1. The zero-order valence-corrected chi connectivity index (χ0v) is 18.2. The van der Waals surface area contributed by atoms with Crippen molar-refractivity contribution in [1.82, 2.24) is 14.4 Å². The lowest BCUT2D eigenvalue weighted by atomic mass is 10.1. The van der Waals surface area contributed by atoms with E-state index < -0.39 is 10.0 Å². The molecule has 1 N–H and O–H groups in total. The largest absolute Gasteiger partial charge is 0.334 e. The Morgan fingerprint density at radius 2 is 1.77 bits per heavy atom. The van der Waals surface area contributed by atoms with E-state index >= 15 is 0 Å². The van der Waals surface area contributed by atoms with E-state index in [1.807, 2.05) is 31.2 Å². The predicted molar refractivity (Wildman–Crippen MR) is 113 cm³/mol. The summed E-state index contributed by atoms with van der Waals surface area (Å²) in [5.74, 6) is 0.467. The minimum Gasteiger partial charge on any atom is -0.334 e. The fraction of sp³-hybridized carbons (Fsp3) is 0.286. The molecule has 0 spiro atoms. The van der Waals surface area contributed by atoms with Crippen molar-refractivity contribution in [3.05, 3.63) is 59.4 Å². The maximum Gasteiger partial charge on any atom is 0.257 e. The highest BCUT2D eigenvalue weighted by atomic mass is 32.2. The van der Waals surface area contributed by atoms with Crippen LogP contribution in [0.15, 0.2) is 51.9 Å². The van der Waals surface area contributed by atoms with Crippen molar-refractivity contribution in [2.75, 3.05) is 18.9 Å². The summed E-state index contributed by atoms with van der Waals surface area (Å²) in [5.41, 5.74) is 2.96. The number of amides is 1. The van der Waals surface area contributed by atoms with E-state index in [1.54, 1.807) is 25.1 Å². The molecule has 0 aliphatic heterocycles. The van der Waals surface area contributed by atoms with E-state index in [0.29, 0.717) is 11.7 Å². The standard InChI is InChI=1S/C21H24N4O4S/c1-14-5-8-17(9-6-14)21-23-20(24-29-21)11-12-25(4)30(27,28)19-13-15(2)7-10-18(19)22-16(3)26/h5-10,13H,11-12H2,1-4H3,(H,22,26). The van der Waals surface area contributed by atoms with E-state index in [0.717, 1.165) is 16.7 Å². The van der Waals surface area contributed by atoms with Crippen LogP contribution in [0.25, 0.3) is 11.5 Å². The number of sulfonamides is 1. The van der Waals surface area contributed by atoms with Gasteiger partial charge in [-0.2, -0.15) is 4.98 Å². The summed E-state index contributed by atoms with van der Waals surface area (Å²) in [7, 11) is -2.34. The van der Waals surface area contributed by atoms with Crippen molar-refractivity contribution in [2.24, 2.45) is 0 Å². The van der Waals surface area contributed by atoms with Gasteiger partial charge in [0.1, 0.15) is 4.90 Å². The number of likely N-dealkylation sites (N-methyl/N-ethyl adjacent to an activating group) is 1. The van der Waals surface area contributed by atoms with Crippen LogP contribution in [-0.4, -0.2) is 42.4 Å². The highest BCUT2D eigenvalue weighted by Crippen LogP contribution is 2.26. The second-order valence-corrected chi connectivity index (χ2v) is 9.15. The van der Waals surface area contributed by atoms with E-state index in [1.165, 1.54) is 18.3 Å². The van der Waals surface area contributed by atoms with Gasteiger partial charge < -0.3 is 9.84 Å². The molecule has 158 valence electrons. The number of nitrogens with zero attached hydrogens (tertiary/aromatic N) is 3. The van der Waals surface area contributed by atoms with Gasteiger partial charge in [-0.1, -0.05) is 28.9 Å². The molecule has 0 radical (unpaired) electrons. The molecule has 2 aromatic carbocycles. The molecule has 0 atom stereocenters. The first kappa shape index (κ1) is 21.7. The van der Waals surface area contributed by atoms with Crippen LogP contribution in [0, 0.1) is 13.8 Å². The minimum absolute atomic E-state index is 0.0497. The molecule has 3 aromatic rings. The Bertz CT molecular complexity index is 1150. The van der Waals surface area contributed by atoms with Crippen LogP contribution in [0.4, 0.5) is 5.69 Å². The lowest BCUT2D eigenvalue weighted by Crippen LogP contribution is -2.30. The third kappa shape index (κ3) is 4.92. The van der Waals surface area contributed by atoms with Crippen LogP contribution in [-0.2, 0) is 21.2 Å². The van der Waals surface area contributed by atoms with Gasteiger partial charge in [0.25, 0.3) is 5.89 Å². The van der Waals surface area contributed by atoms with Crippen molar-refractivity contribution in [3.63, 3.8) is 0 Å². The van der Waals surface area contributed by atoms with Crippen molar-refractivity contribution in [2.45, 2.75) is 32.1 Å². The first-order chi connectivity index (χ1) is 14.2. The van der Waals surface area contributed by atoms with Crippen LogP contribution < -0.4 is 5.32 Å². The lowest BCUT2D eigenvalue weighted by molar-refractivity contribution is -0.114. The molecule has 0 unspecified atom stereocenters. The molecular formula is C21H24N4O4S. The molecule has 1 aromatic heterocycles. The number of hydrogen-bond acceptors (Lipinski definition) is 6. The SMILES string of the molecule is CC(=O)Nc1ccc(C)cc1S(=O)(=O)N(C)CCc1noc(-c2ccc(C)cc2)n1. The smallest absolute Gasteiger partial charge is 0.257 e. The normalized spacial score (nSPS) is 11.6. The number of nitrogens with one attached hydrogen (secondary N) is 1. The van der Waals surface area contributed by atoms with Crippen LogP contribution in [0.5, 0.6) is 0 Å². The van der Waals surface area contributed by atoms with Crippen molar-refractivity contribution < 1.29 is 17.7 Å². The first-order valence-corrected chi connectivity index (χ1v) is 10.8. The molecule has 0 bridgehead atoms. The fourth-order valence-corrected chi connectivity index (χ4v) is 4.25. The quantitative estimate of drug-likeness (QED) is 0.620. The zero-order valence-electron chi connectivity index (χ0n) is 17.3. The highest BCUT2D eigenvalue weighted by molar-refractivity contribution is 7.89. The molecule has 9 heteroatoms. The predicted octanol–water partition coefficient (Wildman–Crippen LogP) is 3.18. The molecule has 3 rings (SSSR count). The number of hydrogen-bond donors (Lipinski definition) is 1. The lowest BCUT2D eigenvalue weighted by Gasteiger charge is -2.19. The Balaban J connectivity index is 1.75. The third-order valence-corrected chi connectivity index (χ3v) is 6.45. The summed E-state index contributed by atoms with van der Waals surface area (Å²) in [6.07, 6.45) is 0.284. The highest BCUT2D eigenvalue weighted by Gasteiger charge is 2.25. The summed E-state index contributed by atoms with van der Waals surface area (Å²) >= 11 is 0. The zero-order chi connectivity index (χ0) is 21.9. The van der Waals surface area contributed by atoms with Crippen molar-refractivity contribution in [1.29, 1.82) is 0 Å². The van der Waals surface area contributed by atoms with E-state index in [4.69, 9.17) is 4.52 Å². The topological polar surface area (TPSA) is 105 Å². The van der Waals surface area contributed by atoms with E-state index in [9.17, 15) is 13.2 Å². The average molecular weight is 429 g/mol. The van der Waals surface area contributed by atoms with Gasteiger partial charge in [-0.3, -0.25) is 4.79 Å². The maximum absolute atomic E-state index is 13.1. The second-order valence-electron chi connectivity index (χ2n) is 7.14. The van der Waals surface area contributed by atoms with Crippen molar-refractivity contribution in [3.8, 4) is 11.5 Å². The maximum atomic E-state index is 13.1. The Morgan fingerprint density at radius 1 is 1.10 bits per heavy atom. The molecule has 0 aliphatic carbocycles. The average Bonchev–Trinajstić information content (AvgIpc) is 3.16. The van der Waals surface area contributed by atoms with E-state index in [2.05, 4.69) is 15.5 Å². The summed E-state index contributed by atoms with van der Waals surface area (Å²) in [5, 5.41) is 6.52. The second kappa shape index (κ2) is 8.76. The molecule has 0 aliphatic rings. The van der Waals surface area contributed by atoms with Crippen LogP contribution in [0.1, 0.15) is 23.9 Å². The molecule has 1 heterocycles. The van der Waals surface area contributed by atoms with Gasteiger partial charge in [-0.25, -0.2) is 12.7 Å². The van der Waals surface area contributed by atoms with Gasteiger partial charge in [0.05, 0.1) is 5.69 Å².